The molecule has 0 N–H and O–H groups in total. The molecule has 0 fully saturated rings. The lowest BCUT2D eigenvalue weighted by atomic mass is 9.86. The van der Waals surface area contributed by atoms with Gasteiger partial charge >= 0.3 is 0 Å². The molecule has 1 aliphatic carbocycles. The quantitative estimate of drug-likeness (QED) is 0.622. The second-order valence-corrected chi connectivity index (χ2v) is 4.69. The maximum absolute atomic E-state index is 8.61. The van der Waals surface area contributed by atoms with E-state index in [2.05, 4.69) is 32.1 Å². The molecule has 0 aromatic carbocycles. The Morgan fingerprint density at radius 2 is 2.40 bits per heavy atom. The van der Waals surface area contributed by atoms with Crippen LogP contribution in [0.25, 0.3) is 0 Å². The Kier molecular flexibility index (Phi) is 5.18. The summed E-state index contributed by atoms with van der Waals surface area (Å²) in [6, 6.07) is 2.27. The van der Waals surface area contributed by atoms with Gasteiger partial charge in [-0.2, -0.15) is 5.26 Å². The summed E-state index contributed by atoms with van der Waals surface area (Å²) in [5, 5.41) is 8.61. The maximum atomic E-state index is 8.61. The normalized spacial score (nSPS) is 20.3. The zero-order chi connectivity index (χ0) is 11.1. The fourth-order valence-corrected chi connectivity index (χ4v) is 2.03. The van der Waals surface area contributed by atoms with Gasteiger partial charge in [0.15, 0.2) is 0 Å². The van der Waals surface area contributed by atoms with Gasteiger partial charge in [0.1, 0.15) is 0 Å². The second kappa shape index (κ2) is 6.45. The molecule has 0 amide bonds. The fourth-order valence-electron chi connectivity index (χ4n) is 2.03. The molecule has 1 atom stereocenters. The Morgan fingerprint density at radius 3 is 2.93 bits per heavy atom. The zero-order valence-corrected chi connectivity index (χ0v) is 9.92. The Hall–Kier alpha value is -1.03. The molecule has 0 bridgehead atoms. The molecule has 0 aliphatic heterocycles. The van der Waals surface area contributed by atoms with Gasteiger partial charge in [0.2, 0.25) is 0 Å². The van der Waals surface area contributed by atoms with E-state index in [0.717, 1.165) is 12.8 Å². The van der Waals surface area contributed by atoms with Crippen molar-refractivity contribution in [3.8, 4) is 6.07 Å². The third-order valence-electron chi connectivity index (χ3n) is 3.01. The van der Waals surface area contributed by atoms with Crippen LogP contribution in [-0.4, -0.2) is 0 Å². The summed E-state index contributed by atoms with van der Waals surface area (Å²) in [4.78, 5) is 0. The SMILES string of the molecule is CC(C)=CCCC1=CCC(CC#N)CC1. The van der Waals surface area contributed by atoms with Crippen LogP contribution in [0.2, 0.25) is 0 Å². The van der Waals surface area contributed by atoms with Gasteiger partial charge in [-0.25, -0.2) is 0 Å². The van der Waals surface area contributed by atoms with E-state index in [9.17, 15) is 0 Å². The molecule has 82 valence electrons. The van der Waals surface area contributed by atoms with Crippen molar-refractivity contribution < 1.29 is 0 Å². The zero-order valence-electron chi connectivity index (χ0n) is 9.92. The fraction of sp³-hybridized carbons (Fsp3) is 0.643. The van der Waals surface area contributed by atoms with E-state index in [1.165, 1.54) is 31.3 Å². The van der Waals surface area contributed by atoms with Crippen molar-refractivity contribution >= 4 is 0 Å². The predicted molar refractivity (Wildman–Crippen MR) is 64.3 cm³/mol. The molecule has 0 heterocycles. The minimum Gasteiger partial charge on any atom is -0.198 e. The van der Waals surface area contributed by atoms with E-state index in [-0.39, 0.29) is 0 Å². The lowest BCUT2D eigenvalue weighted by Crippen LogP contribution is -2.04. The molecule has 1 aliphatic rings. The molecular weight excluding hydrogens is 182 g/mol. The van der Waals surface area contributed by atoms with Crippen LogP contribution in [0.1, 0.15) is 52.4 Å². The van der Waals surface area contributed by atoms with Crippen molar-refractivity contribution in [3.63, 3.8) is 0 Å². The first-order chi connectivity index (χ1) is 7.22. The van der Waals surface area contributed by atoms with E-state index in [4.69, 9.17) is 5.26 Å². The Labute approximate surface area is 93.5 Å². The van der Waals surface area contributed by atoms with Crippen LogP contribution in [0.4, 0.5) is 0 Å². The Balaban J connectivity index is 2.28. The highest BCUT2D eigenvalue weighted by Crippen LogP contribution is 2.28. The third kappa shape index (κ3) is 4.83. The Morgan fingerprint density at radius 1 is 1.60 bits per heavy atom. The smallest absolute Gasteiger partial charge is 0.0624 e. The van der Waals surface area contributed by atoms with Crippen molar-refractivity contribution in [3.05, 3.63) is 23.3 Å². The van der Waals surface area contributed by atoms with Crippen molar-refractivity contribution in [1.82, 2.24) is 0 Å². The first-order valence-electron chi connectivity index (χ1n) is 5.90. The second-order valence-electron chi connectivity index (χ2n) is 4.69. The summed E-state index contributed by atoms with van der Waals surface area (Å²) in [5.74, 6) is 0.627. The van der Waals surface area contributed by atoms with E-state index in [1.807, 2.05) is 0 Å². The monoisotopic (exact) mass is 203 g/mol. The lowest BCUT2D eigenvalue weighted by Gasteiger charge is -2.19. The molecule has 1 unspecified atom stereocenters. The molecule has 0 spiro atoms. The Bertz CT molecular complexity index is 287. The number of nitrogens with zero attached hydrogens (tertiary/aromatic N) is 1. The standard InChI is InChI=1S/C14H21N/c1-12(2)4-3-5-13-6-8-14(9-7-13)10-11-15/h4,6,14H,3,5,7-10H2,1-2H3. The predicted octanol–water partition coefficient (Wildman–Crippen LogP) is 4.37. The van der Waals surface area contributed by atoms with Gasteiger partial charge in [0.05, 0.1) is 6.07 Å². The van der Waals surface area contributed by atoms with Crippen LogP contribution in [0, 0.1) is 17.2 Å². The minimum atomic E-state index is 0.627. The average Bonchev–Trinajstić information content (AvgIpc) is 2.20. The molecule has 1 heteroatoms. The molecule has 0 aromatic heterocycles. The van der Waals surface area contributed by atoms with Gasteiger partial charge < -0.3 is 0 Å². The van der Waals surface area contributed by atoms with Gasteiger partial charge in [-0.3, -0.25) is 0 Å². The first-order valence-corrected chi connectivity index (χ1v) is 5.90. The molecule has 0 radical (unpaired) electrons. The van der Waals surface area contributed by atoms with Crippen LogP contribution in [0.3, 0.4) is 0 Å². The third-order valence-corrected chi connectivity index (χ3v) is 3.01. The number of hydrogen-bond acceptors (Lipinski definition) is 1. The van der Waals surface area contributed by atoms with Gasteiger partial charge in [-0.15, -0.1) is 0 Å². The maximum Gasteiger partial charge on any atom is 0.0624 e. The molecule has 15 heavy (non-hydrogen) atoms. The average molecular weight is 203 g/mol. The van der Waals surface area contributed by atoms with Crippen molar-refractivity contribution in [2.24, 2.45) is 5.92 Å². The van der Waals surface area contributed by atoms with E-state index >= 15 is 0 Å². The van der Waals surface area contributed by atoms with Gasteiger partial charge in [-0.05, 0) is 51.9 Å². The van der Waals surface area contributed by atoms with Crippen LogP contribution in [-0.2, 0) is 0 Å². The largest absolute Gasteiger partial charge is 0.198 e. The topological polar surface area (TPSA) is 23.8 Å². The van der Waals surface area contributed by atoms with Gasteiger partial charge in [0, 0.05) is 6.42 Å². The highest BCUT2D eigenvalue weighted by Gasteiger charge is 2.13. The van der Waals surface area contributed by atoms with E-state index in [1.54, 1.807) is 5.57 Å². The number of allylic oxidation sites excluding steroid dienone is 4. The summed E-state index contributed by atoms with van der Waals surface area (Å²) < 4.78 is 0. The molecule has 0 aromatic rings. The molecule has 1 nitrogen and oxygen atoms in total. The molecule has 1 rings (SSSR count). The van der Waals surface area contributed by atoms with Crippen molar-refractivity contribution in [1.29, 1.82) is 5.26 Å². The van der Waals surface area contributed by atoms with Crippen molar-refractivity contribution in [2.75, 3.05) is 0 Å². The van der Waals surface area contributed by atoms with Crippen LogP contribution in [0.5, 0.6) is 0 Å². The molecule has 0 saturated carbocycles. The summed E-state index contributed by atoms with van der Waals surface area (Å²) >= 11 is 0. The number of nitriles is 1. The first kappa shape index (κ1) is 12.0. The van der Waals surface area contributed by atoms with Gasteiger partial charge in [-0.1, -0.05) is 23.3 Å². The summed E-state index contributed by atoms with van der Waals surface area (Å²) in [5.41, 5.74) is 3.01. The molecule has 0 saturated heterocycles. The number of rotatable bonds is 4. The summed E-state index contributed by atoms with van der Waals surface area (Å²) in [6.45, 7) is 4.30. The van der Waals surface area contributed by atoms with Crippen molar-refractivity contribution in [2.45, 2.75) is 52.4 Å². The van der Waals surface area contributed by atoms with Gasteiger partial charge in [0.25, 0.3) is 0 Å². The van der Waals surface area contributed by atoms with Crippen LogP contribution >= 0.6 is 0 Å². The van der Waals surface area contributed by atoms with E-state index < -0.39 is 0 Å². The number of hydrogen-bond donors (Lipinski definition) is 0. The lowest BCUT2D eigenvalue weighted by molar-refractivity contribution is 0.473. The summed E-state index contributed by atoms with van der Waals surface area (Å²) in [6.07, 6.45) is 11.3. The van der Waals surface area contributed by atoms with Crippen LogP contribution < -0.4 is 0 Å². The summed E-state index contributed by atoms with van der Waals surface area (Å²) in [7, 11) is 0. The highest BCUT2D eigenvalue weighted by atomic mass is 14.3. The highest BCUT2D eigenvalue weighted by molar-refractivity contribution is 5.09. The minimum absolute atomic E-state index is 0.627. The molecular formula is C14H21N. The van der Waals surface area contributed by atoms with Crippen LogP contribution in [0.15, 0.2) is 23.3 Å². The van der Waals surface area contributed by atoms with E-state index in [0.29, 0.717) is 5.92 Å².